The van der Waals surface area contributed by atoms with E-state index in [4.69, 9.17) is 23.2 Å². The van der Waals surface area contributed by atoms with Gasteiger partial charge in [0.1, 0.15) is 0 Å². The molecule has 112 valence electrons. The Balaban J connectivity index is 1.98. The zero-order chi connectivity index (χ0) is 14.6. The Bertz CT molecular complexity index is 444. The summed E-state index contributed by atoms with van der Waals surface area (Å²) in [6.45, 7) is 3.20. The summed E-state index contributed by atoms with van der Waals surface area (Å²) >= 11 is 12.2. The number of hydrogen-bond donors (Lipinski definition) is 2. The number of hydrogen-bond acceptors (Lipinski definition) is 2. The van der Waals surface area contributed by atoms with Gasteiger partial charge in [0, 0.05) is 34.7 Å². The molecule has 1 saturated carbocycles. The molecule has 2 rings (SSSR count). The number of halogens is 2. The van der Waals surface area contributed by atoms with Crippen LogP contribution in [0.4, 0.5) is 0 Å². The highest BCUT2D eigenvalue weighted by Crippen LogP contribution is 2.36. The van der Waals surface area contributed by atoms with E-state index < -0.39 is 0 Å². The minimum atomic E-state index is 0.0470. The van der Waals surface area contributed by atoms with Gasteiger partial charge < -0.3 is 10.4 Å². The summed E-state index contributed by atoms with van der Waals surface area (Å²) in [6, 6.07) is 5.77. The highest BCUT2D eigenvalue weighted by atomic mass is 35.5. The van der Waals surface area contributed by atoms with Crippen molar-refractivity contribution in [2.75, 3.05) is 13.2 Å². The highest BCUT2D eigenvalue weighted by molar-refractivity contribution is 6.35. The SMILES string of the molecule is CC(NCC1(CO)CCCCC1)c1ccc(Cl)cc1Cl. The number of aliphatic hydroxyl groups excluding tert-OH is 1. The van der Waals surface area contributed by atoms with E-state index in [-0.39, 0.29) is 18.1 Å². The lowest BCUT2D eigenvalue weighted by Crippen LogP contribution is -2.40. The van der Waals surface area contributed by atoms with Gasteiger partial charge in [-0.1, -0.05) is 48.5 Å². The number of aliphatic hydroxyl groups is 1. The Kier molecular flexibility index (Phi) is 5.74. The van der Waals surface area contributed by atoms with Gasteiger partial charge in [0.05, 0.1) is 0 Å². The van der Waals surface area contributed by atoms with Gasteiger partial charge in [-0.3, -0.25) is 0 Å². The molecule has 1 aliphatic carbocycles. The molecule has 1 aromatic carbocycles. The van der Waals surface area contributed by atoms with Crippen LogP contribution in [-0.2, 0) is 0 Å². The Morgan fingerprint density at radius 3 is 2.55 bits per heavy atom. The maximum Gasteiger partial charge on any atom is 0.0499 e. The van der Waals surface area contributed by atoms with Crippen molar-refractivity contribution in [2.45, 2.75) is 45.1 Å². The van der Waals surface area contributed by atoms with Crippen LogP contribution in [0.2, 0.25) is 10.0 Å². The first-order valence-electron chi connectivity index (χ1n) is 7.35. The molecule has 2 N–H and O–H groups in total. The summed E-state index contributed by atoms with van der Waals surface area (Å²) < 4.78 is 0. The number of rotatable bonds is 5. The minimum Gasteiger partial charge on any atom is -0.396 e. The summed E-state index contributed by atoms with van der Waals surface area (Å²) in [4.78, 5) is 0. The van der Waals surface area contributed by atoms with Crippen LogP contribution >= 0.6 is 23.2 Å². The van der Waals surface area contributed by atoms with Crippen LogP contribution in [0, 0.1) is 5.41 Å². The second kappa shape index (κ2) is 7.13. The quantitative estimate of drug-likeness (QED) is 0.833. The third-order valence-electron chi connectivity index (χ3n) is 4.46. The summed E-state index contributed by atoms with van der Waals surface area (Å²) in [6.07, 6.45) is 5.95. The van der Waals surface area contributed by atoms with Gasteiger partial charge in [0.25, 0.3) is 0 Å². The van der Waals surface area contributed by atoms with Crippen LogP contribution in [-0.4, -0.2) is 18.3 Å². The van der Waals surface area contributed by atoms with Crippen LogP contribution < -0.4 is 5.32 Å². The largest absolute Gasteiger partial charge is 0.396 e. The van der Waals surface area contributed by atoms with E-state index in [1.807, 2.05) is 12.1 Å². The third kappa shape index (κ3) is 3.88. The molecule has 0 bridgehead atoms. The predicted octanol–water partition coefficient (Wildman–Crippen LogP) is 4.59. The van der Waals surface area contributed by atoms with Crippen molar-refractivity contribution in [3.05, 3.63) is 33.8 Å². The van der Waals surface area contributed by atoms with Crippen molar-refractivity contribution in [1.82, 2.24) is 5.32 Å². The van der Waals surface area contributed by atoms with Gasteiger partial charge in [0.15, 0.2) is 0 Å². The Morgan fingerprint density at radius 2 is 1.95 bits per heavy atom. The zero-order valence-electron chi connectivity index (χ0n) is 12.0. The Labute approximate surface area is 131 Å². The van der Waals surface area contributed by atoms with Crippen molar-refractivity contribution in [2.24, 2.45) is 5.41 Å². The molecule has 0 amide bonds. The zero-order valence-corrected chi connectivity index (χ0v) is 13.5. The van der Waals surface area contributed by atoms with Crippen LogP contribution in [0.3, 0.4) is 0 Å². The lowest BCUT2D eigenvalue weighted by molar-refractivity contribution is 0.0789. The fraction of sp³-hybridized carbons (Fsp3) is 0.625. The Hall–Kier alpha value is -0.280. The lowest BCUT2D eigenvalue weighted by Gasteiger charge is -2.37. The van der Waals surface area contributed by atoms with Crippen molar-refractivity contribution in [3.8, 4) is 0 Å². The lowest BCUT2D eigenvalue weighted by atomic mass is 9.74. The van der Waals surface area contributed by atoms with E-state index in [2.05, 4.69) is 12.2 Å². The highest BCUT2D eigenvalue weighted by Gasteiger charge is 2.31. The van der Waals surface area contributed by atoms with Gasteiger partial charge in [0.2, 0.25) is 0 Å². The number of nitrogens with one attached hydrogen (secondary N) is 1. The normalized spacial score (nSPS) is 19.8. The monoisotopic (exact) mass is 315 g/mol. The molecule has 2 nitrogen and oxygen atoms in total. The molecule has 1 unspecified atom stereocenters. The molecule has 1 aromatic rings. The second-order valence-electron chi connectivity index (χ2n) is 5.99. The average Bonchev–Trinajstić information content (AvgIpc) is 2.46. The minimum absolute atomic E-state index is 0.0470. The second-order valence-corrected chi connectivity index (χ2v) is 6.83. The first kappa shape index (κ1) is 16.1. The molecule has 1 fully saturated rings. The predicted molar refractivity (Wildman–Crippen MR) is 85.5 cm³/mol. The maximum atomic E-state index is 9.73. The van der Waals surface area contributed by atoms with E-state index in [0.29, 0.717) is 10.0 Å². The van der Waals surface area contributed by atoms with Gasteiger partial charge in [-0.15, -0.1) is 0 Å². The van der Waals surface area contributed by atoms with Crippen LogP contribution in [0.25, 0.3) is 0 Å². The standard InChI is InChI=1S/C16H23Cl2NO/c1-12(14-6-5-13(17)9-15(14)18)19-10-16(11-20)7-3-2-4-8-16/h5-6,9,12,19-20H,2-4,7-8,10-11H2,1H3. The van der Waals surface area contributed by atoms with Crippen molar-refractivity contribution in [1.29, 1.82) is 0 Å². The fourth-order valence-corrected chi connectivity index (χ4v) is 3.60. The summed E-state index contributed by atoms with van der Waals surface area (Å²) in [7, 11) is 0. The molecular formula is C16H23Cl2NO. The fourth-order valence-electron chi connectivity index (χ4n) is 3.02. The topological polar surface area (TPSA) is 32.3 Å². The molecule has 0 heterocycles. The summed E-state index contributed by atoms with van der Waals surface area (Å²) in [5, 5.41) is 14.6. The van der Waals surface area contributed by atoms with E-state index in [1.165, 1.54) is 19.3 Å². The molecule has 0 saturated heterocycles. The molecule has 0 aliphatic heterocycles. The van der Waals surface area contributed by atoms with E-state index in [9.17, 15) is 5.11 Å². The Morgan fingerprint density at radius 1 is 1.25 bits per heavy atom. The molecule has 0 radical (unpaired) electrons. The van der Waals surface area contributed by atoms with Crippen molar-refractivity contribution in [3.63, 3.8) is 0 Å². The maximum absolute atomic E-state index is 9.73. The van der Waals surface area contributed by atoms with E-state index in [1.54, 1.807) is 6.07 Å². The van der Waals surface area contributed by atoms with Crippen LogP contribution in [0.15, 0.2) is 18.2 Å². The molecule has 0 spiro atoms. The van der Waals surface area contributed by atoms with Crippen LogP contribution in [0.5, 0.6) is 0 Å². The average molecular weight is 316 g/mol. The molecule has 0 aromatic heterocycles. The first-order valence-corrected chi connectivity index (χ1v) is 8.11. The van der Waals surface area contributed by atoms with Crippen molar-refractivity contribution >= 4 is 23.2 Å². The molecule has 4 heteroatoms. The number of benzene rings is 1. The van der Waals surface area contributed by atoms with Crippen LogP contribution in [0.1, 0.15) is 50.6 Å². The van der Waals surface area contributed by atoms with E-state index in [0.717, 1.165) is 24.9 Å². The smallest absolute Gasteiger partial charge is 0.0499 e. The molecule has 1 aliphatic rings. The summed E-state index contributed by atoms with van der Waals surface area (Å²) in [5.41, 5.74) is 1.10. The van der Waals surface area contributed by atoms with E-state index >= 15 is 0 Å². The summed E-state index contributed by atoms with van der Waals surface area (Å²) in [5.74, 6) is 0. The third-order valence-corrected chi connectivity index (χ3v) is 5.02. The van der Waals surface area contributed by atoms with Gasteiger partial charge in [-0.05, 0) is 37.5 Å². The van der Waals surface area contributed by atoms with Gasteiger partial charge >= 0.3 is 0 Å². The molecule has 1 atom stereocenters. The van der Waals surface area contributed by atoms with Crippen molar-refractivity contribution < 1.29 is 5.11 Å². The van der Waals surface area contributed by atoms with Gasteiger partial charge in [-0.2, -0.15) is 0 Å². The molecule has 20 heavy (non-hydrogen) atoms. The van der Waals surface area contributed by atoms with Gasteiger partial charge in [-0.25, -0.2) is 0 Å². The first-order chi connectivity index (χ1) is 9.56. The molecular weight excluding hydrogens is 293 g/mol.